The van der Waals surface area contributed by atoms with E-state index in [0.717, 1.165) is 6.92 Å². The average molecular weight is 770 g/mol. The maximum absolute atomic E-state index is 15.7. The van der Waals surface area contributed by atoms with Crippen molar-refractivity contribution in [3.8, 4) is 0 Å². The van der Waals surface area contributed by atoms with Crippen LogP contribution in [0.15, 0.2) is 24.5 Å². The molecule has 0 amide bonds. The number of Topliss-reactive ketones (excluding diaryl/α,β-unsaturated/α-hetero) is 1. The lowest BCUT2D eigenvalue weighted by Crippen LogP contribution is -2.75. The van der Waals surface area contributed by atoms with Gasteiger partial charge in [-0.15, -0.1) is 0 Å². The summed E-state index contributed by atoms with van der Waals surface area (Å²) in [6, 6.07) is 3.06. The fraction of sp³-hybridized carbons (Fsp3) is 0.700. The molecule has 15 nitrogen and oxygen atoms in total. The molecule has 2 bridgehead atoms. The quantitative estimate of drug-likeness (QED) is 0.261. The van der Waals surface area contributed by atoms with E-state index in [1.807, 2.05) is 13.8 Å². The maximum Gasteiger partial charge on any atom is 0.339 e. The van der Waals surface area contributed by atoms with Gasteiger partial charge in [-0.2, -0.15) is 0 Å². The first-order valence-corrected chi connectivity index (χ1v) is 18.9. The molecule has 14 atom stereocenters. The zero-order valence-electron chi connectivity index (χ0n) is 32.9. The summed E-state index contributed by atoms with van der Waals surface area (Å²) in [7, 11) is 0. The molecular weight excluding hydrogens is 718 g/mol. The monoisotopic (exact) mass is 769 g/mol. The molecule has 5 fully saturated rings. The molecule has 4 aliphatic carbocycles. The Hall–Kier alpha value is -4.40. The van der Waals surface area contributed by atoms with Crippen LogP contribution in [0.2, 0.25) is 0 Å². The molecule has 300 valence electrons. The van der Waals surface area contributed by atoms with Gasteiger partial charge in [0.25, 0.3) is 0 Å². The Kier molecular flexibility index (Phi) is 10.2. The highest BCUT2D eigenvalue weighted by Gasteiger charge is 2.86. The van der Waals surface area contributed by atoms with Crippen molar-refractivity contribution in [3.05, 3.63) is 30.1 Å². The molecule has 55 heavy (non-hydrogen) atoms. The molecule has 0 radical (unpaired) electrons. The number of aromatic nitrogens is 1. The fourth-order valence-corrected chi connectivity index (χ4v) is 10.9. The molecule has 0 N–H and O–H groups in total. The molecule has 1 saturated heterocycles. The van der Waals surface area contributed by atoms with Crippen molar-refractivity contribution in [1.82, 2.24) is 4.98 Å². The summed E-state index contributed by atoms with van der Waals surface area (Å²) in [4.78, 5) is 99.8. The molecule has 1 aromatic heterocycles. The average Bonchev–Trinajstić information content (AvgIpc) is 3.52. The van der Waals surface area contributed by atoms with Crippen LogP contribution in [-0.4, -0.2) is 94.4 Å². The van der Waals surface area contributed by atoms with Crippen LogP contribution >= 0.6 is 0 Å². The van der Waals surface area contributed by atoms with Crippen molar-refractivity contribution in [2.45, 2.75) is 123 Å². The first-order valence-electron chi connectivity index (χ1n) is 18.9. The maximum atomic E-state index is 15.7. The summed E-state index contributed by atoms with van der Waals surface area (Å²) in [5.74, 6) is -10.2. The molecule has 15 heteroatoms. The standard InChI is InChI=1S/C40H51NO14/c1-18(2)20(4)34(47)53-30-26-15-37(9,54-23(7)44)27(26)31-38(10)36(51-22(6)43)40(55-24(8)45)14-19(3)29(52-35(48)25-12-11-13-41-16-25)28(40)33(50-21(5)42)39(31,17-49-38)32(30)46/h11-13,16,18-20,26-31,33,36H,14-15,17H2,1-10H3/t19-,20?,26+,27-,28+,29-,30+,31-,33+,36-,37-,38+,39-,40+/m0/s1. The van der Waals surface area contributed by atoms with E-state index in [1.165, 1.54) is 39.2 Å². The number of hydrogen-bond donors (Lipinski definition) is 0. The Balaban J connectivity index is 1.65. The van der Waals surface area contributed by atoms with Gasteiger partial charge in [0.1, 0.15) is 23.4 Å². The Bertz CT molecular complexity index is 1780. The van der Waals surface area contributed by atoms with Crippen LogP contribution in [0.25, 0.3) is 0 Å². The summed E-state index contributed by atoms with van der Waals surface area (Å²) in [5, 5.41) is 0. The Labute approximate surface area is 319 Å². The molecule has 2 heterocycles. The van der Waals surface area contributed by atoms with Gasteiger partial charge in [-0.1, -0.05) is 27.7 Å². The predicted molar refractivity (Wildman–Crippen MR) is 187 cm³/mol. The van der Waals surface area contributed by atoms with Crippen LogP contribution in [0, 0.1) is 46.8 Å². The van der Waals surface area contributed by atoms with E-state index in [2.05, 4.69) is 4.98 Å². The van der Waals surface area contributed by atoms with E-state index in [1.54, 1.807) is 33.8 Å². The van der Waals surface area contributed by atoms with Crippen LogP contribution in [-0.2, 0) is 61.9 Å². The molecule has 0 aromatic carbocycles. The van der Waals surface area contributed by atoms with E-state index in [9.17, 15) is 28.8 Å². The van der Waals surface area contributed by atoms with E-state index >= 15 is 4.79 Å². The molecule has 5 aliphatic rings. The highest BCUT2D eigenvalue weighted by Crippen LogP contribution is 2.73. The molecule has 4 saturated carbocycles. The second-order valence-corrected chi connectivity index (χ2v) is 16.9. The molecule has 1 aliphatic heterocycles. The van der Waals surface area contributed by atoms with Crippen molar-refractivity contribution in [2.75, 3.05) is 6.61 Å². The number of nitrogens with zero attached hydrogens (tertiary/aromatic N) is 1. The minimum absolute atomic E-state index is 0.0759. The van der Waals surface area contributed by atoms with Gasteiger partial charge in [-0.05, 0) is 50.7 Å². The van der Waals surface area contributed by atoms with Gasteiger partial charge >= 0.3 is 35.8 Å². The second-order valence-electron chi connectivity index (χ2n) is 16.9. The van der Waals surface area contributed by atoms with E-state index < -0.39 is 130 Å². The number of fused-ring (bicyclic) bond motifs is 2. The minimum Gasteiger partial charge on any atom is -0.461 e. The van der Waals surface area contributed by atoms with Gasteiger partial charge in [0, 0.05) is 57.8 Å². The Morgan fingerprint density at radius 3 is 2.07 bits per heavy atom. The highest BCUT2D eigenvalue weighted by molar-refractivity contribution is 5.95. The first kappa shape index (κ1) is 40.3. The Morgan fingerprint density at radius 2 is 1.51 bits per heavy atom. The van der Waals surface area contributed by atoms with Crippen molar-refractivity contribution in [1.29, 1.82) is 0 Å². The molecule has 1 aromatic rings. The predicted octanol–water partition coefficient (Wildman–Crippen LogP) is 3.58. The highest BCUT2D eigenvalue weighted by atomic mass is 16.6. The minimum atomic E-state index is -1.91. The number of carbonyl (C=O) groups excluding carboxylic acids is 7. The lowest BCUT2D eigenvalue weighted by Gasteiger charge is -2.64. The van der Waals surface area contributed by atoms with Gasteiger partial charge in [0.15, 0.2) is 23.6 Å². The van der Waals surface area contributed by atoms with Crippen LogP contribution in [0.3, 0.4) is 0 Å². The molecule has 1 unspecified atom stereocenters. The van der Waals surface area contributed by atoms with Crippen LogP contribution in [0.5, 0.6) is 0 Å². The number of rotatable bonds is 9. The molecule has 0 spiro atoms. The van der Waals surface area contributed by atoms with Gasteiger partial charge in [-0.25, -0.2) is 4.79 Å². The van der Waals surface area contributed by atoms with Gasteiger partial charge in [0.2, 0.25) is 0 Å². The third-order valence-corrected chi connectivity index (χ3v) is 13.0. The SMILES string of the molecule is CC(=O)O[C@@H]1[C@H]2[C@@H](OC(=O)c3cccnc3)[C@@H](C)C[C@]2(OC(C)=O)[C@@H](OC(C)=O)[C@]2(C)OC[C@]13C(=O)[C@H](OC(=O)C(C)C(C)C)[C@@H]1C[C@](C)(OC(C)=O)[C@@H]1[C@@H]23. The number of ketones is 1. The fourth-order valence-electron chi connectivity index (χ4n) is 10.9. The Morgan fingerprint density at radius 1 is 0.855 bits per heavy atom. The number of esters is 6. The summed E-state index contributed by atoms with van der Waals surface area (Å²) in [5.41, 5.74) is -6.64. The molecule has 6 rings (SSSR count). The summed E-state index contributed by atoms with van der Waals surface area (Å²) < 4.78 is 44.0. The van der Waals surface area contributed by atoms with Gasteiger partial charge in [0.05, 0.1) is 29.4 Å². The van der Waals surface area contributed by atoms with Crippen molar-refractivity contribution >= 4 is 41.6 Å². The van der Waals surface area contributed by atoms with Crippen molar-refractivity contribution in [3.63, 3.8) is 0 Å². The van der Waals surface area contributed by atoms with Crippen LogP contribution in [0.1, 0.15) is 92.4 Å². The smallest absolute Gasteiger partial charge is 0.339 e. The number of pyridine rings is 1. The third-order valence-electron chi connectivity index (χ3n) is 13.0. The molecular formula is C40H51NO14. The van der Waals surface area contributed by atoms with Crippen molar-refractivity contribution in [2.24, 2.45) is 46.8 Å². The van der Waals surface area contributed by atoms with Crippen LogP contribution < -0.4 is 0 Å². The number of hydrogen-bond acceptors (Lipinski definition) is 15. The summed E-state index contributed by atoms with van der Waals surface area (Å²) in [6.45, 7) is 14.9. The van der Waals surface area contributed by atoms with Crippen LogP contribution in [0.4, 0.5) is 0 Å². The summed E-state index contributed by atoms with van der Waals surface area (Å²) >= 11 is 0. The van der Waals surface area contributed by atoms with Gasteiger partial charge in [-0.3, -0.25) is 33.8 Å². The van der Waals surface area contributed by atoms with E-state index in [0.29, 0.717) is 0 Å². The normalized spacial score (nSPS) is 40.2. The first-order chi connectivity index (χ1) is 25.6. The largest absolute Gasteiger partial charge is 0.461 e. The van der Waals surface area contributed by atoms with E-state index in [4.69, 9.17) is 33.2 Å². The summed E-state index contributed by atoms with van der Waals surface area (Å²) in [6.07, 6.45) is -2.79. The third kappa shape index (κ3) is 6.20. The lowest BCUT2D eigenvalue weighted by atomic mass is 9.42. The van der Waals surface area contributed by atoms with Crippen molar-refractivity contribution < 1.29 is 66.7 Å². The lowest BCUT2D eigenvalue weighted by molar-refractivity contribution is -0.261. The van der Waals surface area contributed by atoms with E-state index in [-0.39, 0.29) is 24.3 Å². The number of carbonyl (C=O) groups is 7. The zero-order chi connectivity index (χ0) is 40.6. The zero-order valence-corrected chi connectivity index (χ0v) is 32.9. The number of ether oxygens (including phenoxy) is 7. The second kappa shape index (κ2) is 14.0. The topological polar surface area (TPSA) is 197 Å². The van der Waals surface area contributed by atoms with Gasteiger partial charge < -0.3 is 33.2 Å².